The normalized spacial score (nSPS) is 17.4. The third kappa shape index (κ3) is 5.55. The lowest BCUT2D eigenvalue weighted by molar-refractivity contribution is -0.124. The second kappa shape index (κ2) is 11.1. The summed E-state index contributed by atoms with van der Waals surface area (Å²) in [5.74, 6) is -0.210. The molecule has 1 aliphatic heterocycles. The zero-order valence-electron chi connectivity index (χ0n) is 20.2. The molecule has 5 heteroatoms. The Kier molecular flexibility index (Phi) is 8.76. The molecule has 4 nitrogen and oxygen atoms in total. The zero-order valence-corrected chi connectivity index (χ0v) is 21.8. The highest BCUT2D eigenvalue weighted by molar-refractivity contribution is 9.10. The Hall–Kier alpha value is -1.43. The number of halogens is 1. The van der Waals surface area contributed by atoms with Gasteiger partial charge in [0.05, 0.1) is 5.41 Å². The molecule has 3 rings (SSSR count). The lowest BCUT2D eigenvalue weighted by Crippen LogP contribution is -2.48. The molecule has 1 amide bonds. The molecule has 0 spiro atoms. The van der Waals surface area contributed by atoms with E-state index in [1.807, 2.05) is 0 Å². The van der Waals surface area contributed by atoms with Crippen molar-refractivity contribution < 1.29 is 4.79 Å². The van der Waals surface area contributed by atoms with Gasteiger partial charge in [-0.15, -0.1) is 0 Å². The van der Waals surface area contributed by atoms with Gasteiger partial charge >= 0.3 is 0 Å². The summed E-state index contributed by atoms with van der Waals surface area (Å²) in [6.45, 7) is 12.9. The smallest absolute Gasteiger partial charge is 0.228 e. The quantitative estimate of drug-likeness (QED) is 0.453. The van der Waals surface area contributed by atoms with E-state index in [0.717, 1.165) is 54.4 Å². The van der Waals surface area contributed by atoms with Gasteiger partial charge in [-0.2, -0.15) is 0 Å². The van der Waals surface area contributed by atoms with Crippen LogP contribution in [0.2, 0.25) is 0 Å². The number of hydrogen-bond acceptors (Lipinski definition) is 3. The summed E-state index contributed by atoms with van der Waals surface area (Å²) in [7, 11) is 0. The van der Waals surface area contributed by atoms with Crippen LogP contribution < -0.4 is 5.73 Å². The van der Waals surface area contributed by atoms with Crippen LogP contribution >= 0.6 is 15.9 Å². The molecule has 1 saturated heterocycles. The lowest BCUT2D eigenvalue weighted by atomic mass is 9.73. The highest BCUT2D eigenvalue weighted by Crippen LogP contribution is 2.40. The molecule has 0 saturated carbocycles. The van der Waals surface area contributed by atoms with Gasteiger partial charge in [0.1, 0.15) is 0 Å². The van der Waals surface area contributed by atoms with E-state index in [1.54, 1.807) is 0 Å². The van der Waals surface area contributed by atoms with Crippen molar-refractivity contribution in [3.05, 3.63) is 46.4 Å². The van der Waals surface area contributed by atoms with Gasteiger partial charge in [0.25, 0.3) is 0 Å². The first-order chi connectivity index (χ1) is 15.3. The summed E-state index contributed by atoms with van der Waals surface area (Å²) in [6.07, 6.45) is 5.29. The number of fused-ring (bicyclic) bond motifs is 1. The Labute approximate surface area is 202 Å². The van der Waals surface area contributed by atoms with E-state index in [4.69, 9.17) is 5.73 Å². The molecule has 2 aromatic carbocycles. The Balaban J connectivity index is 2.01. The van der Waals surface area contributed by atoms with Crippen LogP contribution in [0.15, 0.2) is 40.9 Å². The van der Waals surface area contributed by atoms with Gasteiger partial charge in [-0.05, 0) is 105 Å². The summed E-state index contributed by atoms with van der Waals surface area (Å²) < 4.78 is 1.01. The van der Waals surface area contributed by atoms with Crippen LogP contribution in [0, 0.1) is 0 Å². The van der Waals surface area contributed by atoms with Gasteiger partial charge in [-0.3, -0.25) is 9.69 Å². The van der Waals surface area contributed by atoms with E-state index in [-0.39, 0.29) is 5.91 Å². The topological polar surface area (TPSA) is 49.6 Å². The molecule has 1 heterocycles. The van der Waals surface area contributed by atoms with Gasteiger partial charge < -0.3 is 10.6 Å². The number of nitrogens with zero attached hydrogens (tertiary/aromatic N) is 2. The number of carbonyl (C=O) groups is 1. The maximum atomic E-state index is 13.3. The van der Waals surface area contributed by atoms with Crippen molar-refractivity contribution in [3.8, 4) is 0 Å². The fourth-order valence-corrected chi connectivity index (χ4v) is 6.21. The number of amides is 1. The standard InChI is InChI=1S/C27H40BrN3O/c1-20(2)31(21(3)4)19-15-27(26(29)32,14-18-30-16-8-5-9-17-30)24-13-12-22-10-6-7-11-23(22)25(24)28/h6-7,10-13,20-21H,5,8-9,14-19H2,1-4H3,(H2,29,32). The summed E-state index contributed by atoms with van der Waals surface area (Å²) in [4.78, 5) is 18.3. The number of benzene rings is 2. The molecule has 0 aromatic heterocycles. The molecule has 1 unspecified atom stereocenters. The third-order valence-electron chi connectivity index (χ3n) is 7.28. The minimum atomic E-state index is -0.706. The predicted octanol–water partition coefficient (Wildman–Crippen LogP) is 5.71. The molecule has 0 radical (unpaired) electrons. The van der Waals surface area contributed by atoms with Crippen molar-refractivity contribution in [1.82, 2.24) is 9.80 Å². The Morgan fingerprint density at radius 2 is 1.69 bits per heavy atom. The van der Waals surface area contributed by atoms with Crippen molar-refractivity contribution in [1.29, 1.82) is 0 Å². The maximum Gasteiger partial charge on any atom is 0.228 e. The minimum Gasteiger partial charge on any atom is -0.369 e. The van der Waals surface area contributed by atoms with Crippen molar-refractivity contribution in [3.63, 3.8) is 0 Å². The van der Waals surface area contributed by atoms with Crippen molar-refractivity contribution in [2.24, 2.45) is 5.73 Å². The molecule has 176 valence electrons. The molecule has 0 bridgehead atoms. The molecule has 2 aromatic rings. The van der Waals surface area contributed by atoms with E-state index in [1.165, 1.54) is 24.6 Å². The second-order valence-electron chi connectivity index (χ2n) is 9.92. The SMILES string of the molecule is CC(C)N(CCC(CCN1CCCCC1)(C(N)=O)c1ccc2ccccc2c1Br)C(C)C. The third-order valence-corrected chi connectivity index (χ3v) is 8.13. The van der Waals surface area contributed by atoms with Crippen LogP contribution in [-0.2, 0) is 10.2 Å². The number of hydrogen-bond donors (Lipinski definition) is 1. The van der Waals surface area contributed by atoms with Crippen LogP contribution in [-0.4, -0.2) is 54.0 Å². The molecule has 32 heavy (non-hydrogen) atoms. The van der Waals surface area contributed by atoms with Crippen molar-refractivity contribution in [2.75, 3.05) is 26.2 Å². The van der Waals surface area contributed by atoms with Crippen LogP contribution in [0.1, 0.15) is 65.4 Å². The first-order valence-electron chi connectivity index (χ1n) is 12.2. The number of nitrogens with two attached hydrogens (primary N) is 1. The molecule has 0 aliphatic carbocycles. The van der Waals surface area contributed by atoms with E-state index >= 15 is 0 Å². The number of primary amides is 1. The molecule has 1 aliphatic rings. The average molecular weight is 503 g/mol. The first-order valence-corrected chi connectivity index (χ1v) is 13.0. The maximum absolute atomic E-state index is 13.3. The lowest BCUT2D eigenvalue weighted by Gasteiger charge is -2.39. The Morgan fingerprint density at radius 3 is 2.31 bits per heavy atom. The largest absolute Gasteiger partial charge is 0.369 e. The molecule has 2 N–H and O–H groups in total. The van der Waals surface area contributed by atoms with Gasteiger partial charge in [-0.1, -0.05) is 42.8 Å². The highest BCUT2D eigenvalue weighted by atomic mass is 79.9. The Bertz CT molecular complexity index is 899. The van der Waals surface area contributed by atoms with Crippen molar-refractivity contribution >= 4 is 32.6 Å². The minimum absolute atomic E-state index is 0.210. The van der Waals surface area contributed by atoms with Crippen LogP contribution in [0.25, 0.3) is 10.8 Å². The van der Waals surface area contributed by atoms with E-state index in [9.17, 15) is 4.79 Å². The van der Waals surface area contributed by atoms with Crippen molar-refractivity contribution in [2.45, 2.75) is 77.3 Å². The summed E-state index contributed by atoms with van der Waals surface area (Å²) in [6, 6.07) is 13.4. The Morgan fingerprint density at radius 1 is 1.03 bits per heavy atom. The first kappa shape index (κ1) is 25.2. The van der Waals surface area contributed by atoms with E-state index in [2.05, 4.69) is 89.8 Å². The molecular weight excluding hydrogens is 462 g/mol. The highest BCUT2D eigenvalue weighted by Gasteiger charge is 2.41. The molecule has 1 fully saturated rings. The molecule has 1 atom stereocenters. The summed E-state index contributed by atoms with van der Waals surface area (Å²) in [5.41, 5.74) is 6.60. The van der Waals surface area contributed by atoms with Gasteiger partial charge in [0.15, 0.2) is 0 Å². The predicted molar refractivity (Wildman–Crippen MR) is 139 cm³/mol. The fourth-order valence-electron chi connectivity index (χ4n) is 5.34. The second-order valence-corrected chi connectivity index (χ2v) is 10.7. The van der Waals surface area contributed by atoms with Crippen LogP contribution in [0.4, 0.5) is 0 Å². The molecular formula is C27H40BrN3O. The van der Waals surface area contributed by atoms with E-state index in [0.29, 0.717) is 12.1 Å². The average Bonchev–Trinajstić information content (AvgIpc) is 2.77. The summed E-state index contributed by atoms with van der Waals surface area (Å²) >= 11 is 3.88. The van der Waals surface area contributed by atoms with E-state index < -0.39 is 5.41 Å². The van der Waals surface area contributed by atoms with Crippen LogP contribution in [0.3, 0.4) is 0 Å². The zero-order chi connectivity index (χ0) is 23.3. The monoisotopic (exact) mass is 501 g/mol. The number of likely N-dealkylation sites (tertiary alicyclic amines) is 1. The van der Waals surface area contributed by atoms with Gasteiger partial charge in [0.2, 0.25) is 5.91 Å². The number of rotatable bonds is 10. The number of carbonyl (C=O) groups excluding carboxylic acids is 1. The van der Waals surface area contributed by atoms with Gasteiger partial charge in [0, 0.05) is 23.1 Å². The summed E-state index contributed by atoms with van der Waals surface area (Å²) in [5, 5.41) is 2.31. The van der Waals surface area contributed by atoms with Crippen LogP contribution in [0.5, 0.6) is 0 Å². The number of piperidine rings is 1. The fraction of sp³-hybridized carbons (Fsp3) is 0.593. The van der Waals surface area contributed by atoms with Gasteiger partial charge in [-0.25, -0.2) is 0 Å².